The number of aromatic nitrogens is 2. The molecule has 1 aliphatic rings. The van der Waals surface area contributed by atoms with Crippen LogP contribution in [0.15, 0.2) is 85.1 Å². The number of rotatable bonds is 10. The Morgan fingerprint density at radius 3 is 2.55 bits per heavy atom. The van der Waals surface area contributed by atoms with Gasteiger partial charge in [-0.15, -0.1) is 5.53 Å². The Hall–Kier alpha value is -4.36. The average Bonchev–Trinajstić information content (AvgIpc) is 3.47. The van der Waals surface area contributed by atoms with Gasteiger partial charge in [-0.2, -0.15) is 5.26 Å². The third-order valence-corrected chi connectivity index (χ3v) is 7.08. The zero-order valence-electron chi connectivity index (χ0n) is 22.3. The van der Waals surface area contributed by atoms with Crippen molar-refractivity contribution < 1.29 is 5.11 Å². The lowest BCUT2D eigenvalue weighted by Crippen LogP contribution is -2.41. The number of nitriles is 1. The van der Waals surface area contributed by atoms with Gasteiger partial charge < -0.3 is 21.2 Å². The highest BCUT2D eigenvalue weighted by Gasteiger charge is 2.25. The van der Waals surface area contributed by atoms with Gasteiger partial charge in [-0.3, -0.25) is 15.0 Å². The van der Waals surface area contributed by atoms with Crippen molar-refractivity contribution in [3.05, 3.63) is 107 Å². The quantitative estimate of drug-likeness (QED) is 0.175. The normalized spacial score (nSPS) is 14.4. The van der Waals surface area contributed by atoms with E-state index in [2.05, 4.69) is 51.5 Å². The minimum Gasteiger partial charge on any atom is -0.396 e. The lowest BCUT2D eigenvalue weighted by molar-refractivity contribution is 0.221. The molecular weight excluding hydrogens is 524 g/mol. The molecule has 40 heavy (non-hydrogen) atoms. The van der Waals surface area contributed by atoms with Crippen molar-refractivity contribution >= 4 is 33.9 Å². The SMILES string of the molecule is CC(C)N1C=C([C@@H](Nc2cc(Cl)c3ncc(C#N)c(NC(CCO)c4ccccc4)c3c2)c2cccnc2)NN1. The highest BCUT2D eigenvalue weighted by atomic mass is 35.5. The summed E-state index contributed by atoms with van der Waals surface area (Å²) in [5, 5.41) is 30.0. The van der Waals surface area contributed by atoms with E-state index in [0.717, 1.165) is 22.5 Å². The van der Waals surface area contributed by atoms with E-state index in [1.165, 1.54) is 6.20 Å². The molecule has 0 saturated heterocycles. The summed E-state index contributed by atoms with van der Waals surface area (Å²) >= 11 is 6.78. The summed E-state index contributed by atoms with van der Waals surface area (Å²) < 4.78 is 0. The number of hydrogen-bond acceptors (Lipinski definition) is 9. The molecule has 0 amide bonds. The maximum Gasteiger partial charge on any atom is 0.103 e. The highest BCUT2D eigenvalue weighted by Crippen LogP contribution is 2.37. The van der Waals surface area contributed by atoms with Crippen LogP contribution >= 0.6 is 11.6 Å². The predicted octanol–water partition coefficient (Wildman–Crippen LogP) is 5.42. The second kappa shape index (κ2) is 12.2. The van der Waals surface area contributed by atoms with Crippen molar-refractivity contribution in [2.75, 3.05) is 17.2 Å². The Kier molecular flexibility index (Phi) is 8.31. The molecule has 1 aliphatic heterocycles. The fourth-order valence-corrected chi connectivity index (χ4v) is 4.98. The smallest absolute Gasteiger partial charge is 0.103 e. The van der Waals surface area contributed by atoms with E-state index < -0.39 is 0 Å². The molecule has 10 heteroatoms. The second-order valence-electron chi connectivity index (χ2n) is 9.82. The van der Waals surface area contributed by atoms with Crippen LogP contribution in [-0.2, 0) is 0 Å². The van der Waals surface area contributed by atoms with Gasteiger partial charge in [-0.25, -0.2) is 0 Å². The number of aliphatic hydroxyl groups is 1. The van der Waals surface area contributed by atoms with Crippen LogP contribution in [0, 0.1) is 11.3 Å². The van der Waals surface area contributed by atoms with Gasteiger partial charge in [0.25, 0.3) is 0 Å². The van der Waals surface area contributed by atoms with E-state index in [-0.39, 0.29) is 24.7 Å². The number of hydrazine groups is 2. The molecule has 2 aromatic heterocycles. The molecule has 204 valence electrons. The largest absolute Gasteiger partial charge is 0.396 e. The third kappa shape index (κ3) is 5.80. The second-order valence-corrected chi connectivity index (χ2v) is 10.2. The van der Waals surface area contributed by atoms with Crippen LogP contribution in [0.5, 0.6) is 0 Å². The van der Waals surface area contributed by atoms with Crippen LogP contribution in [-0.4, -0.2) is 32.7 Å². The summed E-state index contributed by atoms with van der Waals surface area (Å²) in [6.07, 6.45) is 7.59. The van der Waals surface area contributed by atoms with Crippen molar-refractivity contribution in [1.82, 2.24) is 25.9 Å². The Labute approximate surface area is 238 Å². The molecule has 5 rings (SSSR count). The summed E-state index contributed by atoms with van der Waals surface area (Å²) in [6, 6.07) is 19.6. The van der Waals surface area contributed by atoms with Crippen molar-refractivity contribution in [3.63, 3.8) is 0 Å². The van der Waals surface area contributed by atoms with Gasteiger partial charge in [0.15, 0.2) is 0 Å². The summed E-state index contributed by atoms with van der Waals surface area (Å²) in [7, 11) is 0. The van der Waals surface area contributed by atoms with Crippen LogP contribution in [0.3, 0.4) is 0 Å². The number of aliphatic hydroxyl groups excluding tert-OH is 1. The van der Waals surface area contributed by atoms with Gasteiger partial charge in [0.2, 0.25) is 0 Å². The monoisotopic (exact) mass is 554 g/mol. The van der Waals surface area contributed by atoms with Crippen LogP contribution in [0.1, 0.15) is 49.0 Å². The summed E-state index contributed by atoms with van der Waals surface area (Å²) in [4.78, 5) is 8.83. The number of benzene rings is 2. The number of nitrogens with zero attached hydrogens (tertiary/aromatic N) is 4. The first-order valence-corrected chi connectivity index (χ1v) is 13.5. The van der Waals surface area contributed by atoms with Crippen molar-refractivity contribution in [1.29, 1.82) is 5.26 Å². The molecule has 3 heterocycles. The Morgan fingerprint density at radius 1 is 1.07 bits per heavy atom. The molecule has 0 radical (unpaired) electrons. The topological polar surface area (TPSA) is 121 Å². The molecule has 0 saturated carbocycles. The van der Waals surface area contributed by atoms with Gasteiger partial charge in [0, 0.05) is 48.5 Å². The first-order valence-electron chi connectivity index (χ1n) is 13.1. The lowest BCUT2D eigenvalue weighted by atomic mass is 10.0. The molecular formula is C30H31ClN8O. The number of fused-ring (bicyclic) bond motifs is 1. The maximum absolute atomic E-state index is 9.97. The number of hydrogen-bond donors (Lipinski definition) is 5. The first-order chi connectivity index (χ1) is 19.5. The molecule has 0 bridgehead atoms. The predicted molar refractivity (Wildman–Crippen MR) is 158 cm³/mol. The van der Waals surface area contributed by atoms with Crippen LogP contribution in [0.25, 0.3) is 10.9 Å². The molecule has 4 aromatic rings. The van der Waals surface area contributed by atoms with E-state index >= 15 is 0 Å². The van der Waals surface area contributed by atoms with Gasteiger partial charge in [0.05, 0.1) is 39.6 Å². The van der Waals surface area contributed by atoms with Crippen LogP contribution < -0.4 is 21.6 Å². The standard InChI is InChI=1S/C30H31ClN8O/c1-19(2)39-18-27(37-38-39)29(21-9-6-11-33-16-21)35-23-13-24-28(22(15-32)17-34-30(24)25(31)14-23)36-26(10-12-40)20-7-4-3-5-8-20/h3-9,11,13-14,16-19,26,29,35,37-38,40H,10,12H2,1-2H3,(H,34,36)/t26?,29-/m0/s1. The molecule has 2 aromatic carbocycles. The van der Waals surface area contributed by atoms with Crippen LogP contribution in [0.4, 0.5) is 11.4 Å². The molecule has 5 N–H and O–H groups in total. The van der Waals surface area contributed by atoms with Crippen molar-refractivity contribution in [2.45, 2.75) is 38.4 Å². The Balaban J connectivity index is 1.58. The molecule has 2 atom stereocenters. The Bertz CT molecular complexity index is 1540. The molecule has 9 nitrogen and oxygen atoms in total. The Morgan fingerprint density at radius 2 is 1.88 bits per heavy atom. The van der Waals surface area contributed by atoms with Gasteiger partial charge in [-0.1, -0.05) is 48.0 Å². The zero-order valence-corrected chi connectivity index (χ0v) is 23.0. The minimum atomic E-state index is -0.270. The number of halogens is 1. The molecule has 0 spiro atoms. The van der Waals surface area contributed by atoms with E-state index in [1.807, 2.05) is 72.0 Å². The van der Waals surface area contributed by atoms with Crippen molar-refractivity contribution in [3.8, 4) is 6.07 Å². The van der Waals surface area contributed by atoms with E-state index in [4.69, 9.17) is 11.6 Å². The molecule has 1 unspecified atom stereocenters. The average molecular weight is 555 g/mol. The number of anilines is 2. The summed E-state index contributed by atoms with van der Waals surface area (Å²) in [5.41, 5.74) is 11.7. The summed E-state index contributed by atoms with van der Waals surface area (Å²) in [6.45, 7) is 4.18. The van der Waals surface area contributed by atoms with Gasteiger partial charge in [0.1, 0.15) is 6.07 Å². The van der Waals surface area contributed by atoms with E-state index in [0.29, 0.717) is 33.6 Å². The highest BCUT2D eigenvalue weighted by molar-refractivity contribution is 6.35. The maximum atomic E-state index is 9.97. The first kappa shape index (κ1) is 27.2. The third-order valence-electron chi connectivity index (χ3n) is 6.79. The van der Waals surface area contributed by atoms with Gasteiger partial charge in [-0.05, 0) is 49.6 Å². The van der Waals surface area contributed by atoms with Crippen molar-refractivity contribution in [2.24, 2.45) is 0 Å². The fourth-order valence-electron chi connectivity index (χ4n) is 4.72. The minimum absolute atomic E-state index is 0.0125. The summed E-state index contributed by atoms with van der Waals surface area (Å²) in [5.74, 6) is 0. The number of nitrogens with one attached hydrogen (secondary N) is 4. The zero-order chi connectivity index (χ0) is 28.1. The van der Waals surface area contributed by atoms with E-state index in [1.54, 1.807) is 6.20 Å². The molecule has 0 aliphatic carbocycles. The molecule has 0 fully saturated rings. The van der Waals surface area contributed by atoms with E-state index in [9.17, 15) is 10.4 Å². The number of pyridine rings is 2. The van der Waals surface area contributed by atoms with Gasteiger partial charge >= 0.3 is 0 Å². The fraction of sp³-hybridized carbons (Fsp3) is 0.233. The van der Waals surface area contributed by atoms with Crippen LogP contribution in [0.2, 0.25) is 5.02 Å². The lowest BCUT2D eigenvalue weighted by Gasteiger charge is -2.24.